The molecule has 0 aliphatic rings. The topological polar surface area (TPSA) is 89.9 Å². The van der Waals surface area contributed by atoms with Crippen LogP contribution in [0, 0.1) is 6.92 Å². The van der Waals surface area contributed by atoms with Gasteiger partial charge < -0.3 is 15.5 Å². The Morgan fingerprint density at radius 3 is 2.40 bits per heavy atom. The molecule has 0 bridgehead atoms. The number of carboxylic acids is 1. The number of aliphatic hydroxyl groups is 1. The highest BCUT2D eigenvalue weighted by Crippen LogP contribution is 2.14. The van der Waals surface area contributed by atoms with E-state index in [2.05, 4.69) is 5.32 Å². The second-order valence-electron chi connectivity index (χ2n) is 4.45. The van der Waals surface area contributed by atoms with Crippen LogP contribution in [-0.4, -0.2) is 41.4 Å². The highest BCUT2D eigenvalue weighted by Gasteiger charge is 2.16. The third-order valence-corrected chi connectivity index (χ3v) is 2.89. The number of benzene rings is 1. The maximum Gasteiger partial charge on any atom is 0.332 e. The van der Waals surface area contributed by atoms with E-state index in [0.717, 1.165) is 11.3 Å². The maximum atomic E-state index is 12.0. The molecule has 0 saturated heterocycles. The lowest BCUT2D eigenvalue weighted by Gasteiger charge is -2.21. The number of aryl methyl sites for hydroxylation is 1. The summed E-state index contributed by atoms with van der Waals surface area (Å²) in [5, 5.41) is 20.2. The van der Waals surface area contributed by atoms with E-state index in [1.807, 2.05) is 38.1 Å². The Morgan fingerprint density at radius 2 is 1.90 bits per heavy atom. The van der Waals surface area contributed by atoms with E-state index in [-0.39, 0.29) is 19.0 Å². The molecule has 0 spiro atoms. The predicted molar refractivity (Wildman–Crippen MR) is 75.9 cm³/mol. The maximum absolute atomic E-state index is 12.0. The van der Waals surface area contributed by atoms with Gasteiger partial charge in [0, 0.05) is 25.2 Å². The summed E-state index contributed by atoms with van der Waals surface area (Å²) < 4.78 is 0. The zero-order valence-electron chi connectivity index (χ0n) is 11.7. The van der Waals surface area contributed by atoms with Crippen LogP contribution in [0.1, 0.15) is 18.9 Å². The largest absolute Gasteiger partial charge is 0.479 e. The quantitative estimate of drug-likeness (QED) is 0.734. The summed E-state index contributed by atoms with van der Waals surface area (Å²) in [6, 6.07) is 7.22. The van der Waals surface area contributed by atoms with Gasteiger partial charge in [-0.2, -0.15) is 0 Å². The van der Waals surface area contributed by atoms with Crippen LogP contribution in [0.5, 0.6) is 0 Å². The normalized spacial score (nSPS) is 11.8. The van der Waals surface area contributed by atoms with Gasteiger partial charge in [-0.05, 0) is 26.0 Å². The van der Waals surface area contributed by atoms with E-state index in [4.69, 9.17) is 10.2 Å². The molecule has 0 radical (unpaired) electrons. The van der Waals surface area contributed by atoms with Crippen molar-refractivity contribution in [3.8, 4) is 0 Å². The fourth-order valence-electron chi connectivity index (χ4n) is 1.70. The van der Waals surface area contributed by atoms with Crippen LogP contribution in [0.2, 0.25) is 0 Å². The zero-order valence-corrected chi connectivity index (χ0v) is 11.7. The Balaban J connectivity index is 2.55. The Hall–Kier alpha value is -2.08. The average molecular weight is 280 g/mol. The van der Waals surface area contributed by atoms with Crippen molar-refractivity contribution >= 4 is 17.7 Å². The number of aliphatic hydroxyl groups excluding tert-OH is 1. The minimum absolute atomic E-state index is 0.0213. The summed E-state index contributed by atoms with van der Waals surface area (Å²) in [4.78, 5) is 24.0. The van der Waals surface area contributed by atoms with E-state index in [9.17, 15) is 9.59 Å². The first-order valence-corrected chi connectivity index (χ1v) is 6.48. The molecule has 2 amide bonds. The number of urea groups is 1. The van der Waals surface area contributed by atoms with E-state index in [0.29, 0.717) is 6.54 Å². The number of aliphatic carboxylic acids is 1. The summed E-state index contributed by atoms with van der Waals surface area (Å²) in [5.41, 5.74) is 1.88. The molecule has 0 heterocycles. The Labute approximate surface area is 118 Å². The number of amides is 2. The van der Waals surface area contributed by atoms with Crippen molar-refractivity contribution in [2.24, 2.45) is 0 Å². The second kappa shape index (κ2) is 7.49. The van der Waals surface area contributed by atoms with Crippen molar-refractivity contribution in [2.75, 3.05) is 18.0 Å². The highest BCUT2D eigenvalue weighted by molar-refractivity contribution is 5.91. The summed E-state index contributed by atoms with van der Waals surface area (Å²) in [6.07, 6.45) is -1.48. The van der Waals surface area contributed by atoms with Gasteiger partial charge in [-0.3, -0.25) is 4.90 Å². The molecule has 0 unspecified atom stereocenters. The number of rotatable bonds is 6. The van der Waals surface area contributed by atoms with Gasteiger partial charge in [-0.25, -0.2) is 9.59 Å². The number of hydrogen-bond donors (Lipinski definition) is 3. The van der Waals surface area contributed by atoms with Crippen molar-refractivity contribution in [1.29, 1.82) is 0 Å². The lowest BCUT2D eigenvalue weighted by Crippen LogP contribution is -2.41. The molecule has 6 heteroatoms. The molecule has 6 nitrogen and oxygen atoms in total. The molecule has 3 N–H and O–H groups in total. The molecule has 0 aromatic heterocycles. The molecular formula is C14H20N2O4. The average Bonchev–Trinajstić information content (AvgIpc) is 2.41. The van der Waals surface area contributed by atoms with Crippen molar-refractivity contribution in [3.05, 3.63) is 29.8 Å². The van der Waals surface area contributed by atoms with Gasteiger partial charge in [-0.1, -0.05) is 17.7 Å². The third-order valence-electron chi connectivity index (χ3n) is 2.89. The molecule has 0 fully saturated rings. The van der Waals surface area contributed by atoms with Crippen LogP contribution in [0.4, 0.5) is 10.5 Å². The number of carboxylic acid groups (broad SMARTS) is 1. The SMILES string of the molecule is CCN(C(=O)NCC[C@H](O)C(=O)O)c1ccc(C)cc1. The molecule has 20 heavy (non-hydrogen) atoms. The van der Waals surface area contributed by atoms with Gasteiger partial charge in [0.15, 0.2) is 6.10 Å². The first-order valence-electron chi connectivity index (χ1n) is 6.48. The number of nitrogens with zero attached hydrogens (tertiary/aromatic N) is 1. The summed E-state index contributed by atoms with van der Waals surface area (Å²) in [5.74, 6) is -1.29. The van der Waals surface area contributed by atoms with Gasteiger partial charge in [0.1, 0.15) is 0 Å². The molecule has 0 aliphatic carbocycles. The molecule has 1 aromatic carbocycles. The first kappa shape index (κ1) is 16.0. The van der Waals surface area contributed by atoms with Gasteiger partial charge in [0.05, 0.1) is 0 Å². The monoisotopic (exact) mass is 280 g/mol. The summed E-state index contributed by atoms with van der Waals surface area (Å²) in [6.45, 7) is 4.42. The molecule has 1 rings (SSSR count). The lowest BCUT2D eigenvalue weighted by atomic mass is 10.2. The second-order valence-corrected chi connectivity index (χ2v) is 4.45. The van der Waals surface area contributed by atoms with Crippen molar-refractivity contribution in [3.63, 3.8) is 0 Å². The number of nitrogens with one attached hydrogen (secondary N) is 1. The van der Waals surface area contributed by atoms with E-state index < -0.39 is 12.1 Å². The van der Waals surface area contributed by atoms with E-state index in [1.165, 1.54) is 0 Å². The van der Waals surface area contributed by atoms with Crippen molar-refractivity contribution in [1.82, 2.24) is 5.32 Å². The molecule has 0 saturated carbocycles. The summed E-state index contributed by atoms with van der Waals surface area (Å²) in [7, 11) is 0. The Kier molecular flexibility index (Phi) is 5.99. The van der Waals surface area contributed by atoms with Crippen LogP contribution in [0.15, 0.2) is 24.3 Å². The molecule has 1 atom stereocenters. The number of carbonyl (C=O) groups is 2. The van der Waals surface area contributed by atoms with Gasteiger partial charge in [0.25, 0.3) is 0 Å². The van der Waals surface area contributed by atoms with Crippen LogP contribution in [0.25, 0.3) is 0 Å². The van der Waals surface area contributed by atoms with E-state index in [1.54, 1.807) is 4.90 Å². The number of hydrogen-bond acceptors (Lipinski definition) is 3. The zero-order chi connectivity index (χ0) is 15.1. The smallest absolute Gasteiger partial charge is 0.332 e. The molecule has 0 aliphatic heterocycles. The highest BCUT2D eigenvalue weighted by atomic mass is 16.4. The van der Waals surface area contributed by atoms with Gasteiger partial charge in [0.2, 0.25) is 0 Å². The van der Waals surface area contributed by atoms with Crippen LogP contribution < -0.4 is 10.2 Å². The predicted octanol–water partition coefficient (Wildman–Crippen LogP) is 1.37. The lowest BCUT2D eigenvalue weighted by molar-refractivity contribution is -0.146. The summed E-state index contributed by atoms with van der Waals surface area (Å²) >= 11 is 0. The standard InChI is InChI=1S/C14H20N2O4/c1-3-16(11-6-4-10(2)5-7-11)14(20)15-9-8-12(17)13(18)19/h4-7,12,17H,3,8-9H2,1-2H3,(H,15,20)(H,18,19)/t12-/m0/s1. The minimum Gasteiger partial charge on any atom is -0.479 e. The van der Waals surface area contributed by atoms with Crippen LogP contribution in [-0.2, 0) is 4.79 Å². The van der Waals surface area contributed by atoms with Gasteiger partial charge in [-0.15, -0.1) is 0 Å². The molecular weight excluding hydrogens is 260 g/mol. The molecule has 1 aromatic rings. The molecule has 110 valence electrons. The fourth-order valence-corrected chi connectivity index (χ4v) is 1.70. The minimum atomic E-state index is -1.45. The van der Waals surface area contributed by atoms with Crippen LogP contribution in [0.3, 0.4) is 0 Å². The van der Waals surface area contributed by atoms with Crippen LogP contribution >= 0.6 is 0 Å². The Morgan fingerprint density at radius 1 is 1.30 bits per heavy atom. The Bertz CT molecular complexity index is 459. The first-order chi connectivity index (χ1) is 9.45. The number of anilines is 1. The third kappa shape index (κ3) is 4.55. The fraction of sp³-hybridized carbons (Fsp3) is 0.429. The van der Waals surface area contributed by atoms with E-state index >= 15 is 0 Å². The number of carbonyl (C=O) groups excluding carboxylic acids is 1. The van der Waals surface area contributed by atoms with Crippen molar-refractivity contribution < 1.29 is 19.8 Å². The van der Waals surface area contributed by atoms with Crippen molar-refractivity contribution in [2.45, 2.75) is 26.4 Å². The van der Waals surface area contributed by atoms with Gasteiger partial charge >= 0.3 is 12.0 Å².